The first-order valence-corrected chi connectivity index (χ1v) is 14.4. The minimum Gasteiger partial charge on any atom is -0.488 e. The molecular weight excluding hydrogens is 524 g/mol. The molecule has 1 aliphatic heterocycles. The molecular formula is C29H29F2N3O4S. The first-order chi connectivity index (χ1) is 18.7. The number of sulfonamides is 1. The highest BCUT2D eigenvalue weighted by molar-refractivity contribution is 7.89. The van der Waals surface area contributed by atoms with E-state index in [0.717, 1.165) is 34.2 Å². The van der Waals surface area contributed by atoms with Gasteiger partial charge in [-0.3, -0.25) is 4.79 Å². The zero-order chi connectivity index (χ0) is 27.6. The lowest BCUT2D eigenvalue weighted by molar-refractivity contribution is 0.100. The number of carbonyl (C=O) groups is 1. The number of fused-ring (bicyclic) bond motifs is 1. The monoisotopic (exact) mass is 553 g/mol. The summed E-state index contributed by atoms with van der Waals surface area (Å²) in [5, 5.41) is 0.906. The Balaban J connectivity index is 1.26. The Bertz CT molecular complexity index is 1580. The molecule has 0 radical (unpaired) electrons. The van der Waals surface area contributed by atoms with Crippen LogP contribution in [0.1, 0.15) is 41.1 Å². The van der Waals surface area contributed by atoms with Crippen molar-refractivity contribution < 1.29 is 26.7 Å². The van der Waals surface area contributed by atoms with Crippen LogP contribution in [0.2, 0.25) is 0 Å². The van der Waals surface area contributed by atoms with E-state index in [1.165, 1.54) is 10.4 Å². The molecule has 1 amide bonds. The van der Waals surface area contributed by atoms with Crippen LogP contribution in [0.15, 0.2) is 66.9 Å². The highest BCUT2D eigenvalue weighted by Crippen LogP contribution is 2.37. The van der Waals surface area contributed by atoms with Crippen molar-refractivity contribution in [1.82, 2.24) is 9.29 Å². The number of piperidine rings is 1. The molecule has 0 bridgehead atoms. The highest BCUT2D eigenvalue weighted by atomic mass is 32.2. The smallest absolute Gasteiger partial charge is 0.250 e. The summed E-state index contributed by atoms with van der Waals surface area (Å²) in [5.74, 6) is -2.74. The Kier molecular flexibility index (Phi) is 7.67. The fourth-order valence-corrected chi connectivity index (χ4v) is 6.70. The van der Waals surface area contributed by atoms with Gasteiger partial charge in [0.05, 0.1) is 23.4 Å². The number of nitrogens with two attached hydrogens (primary N) is 1. The number of para-hydroxylation sites is 1. The van der Waals surface area contributed by atoms with Gasteiger partial charge in [0, 0.05) is 24.7 Å². The summed E-state index contributed by atoms with van der Waals surface area (Å²) >= 11 is 0. The van der Waals surface area contributed by atoms with Crippen LogP contribution in [0, 0.1) is 11.6 Å². The predicted octanol–water partition coefficient (Wildman–Crippen LogP) is 5.19. The van der Waals surface area contributed by atoms with Crippen LogP contribution in [-0.2, 0) is 10.0 Å². The molecule has 10 heteroatoms. The first kappa shape index (κ1) is 26.8. The van der Waals surface area contributed by atoms with Gasteiger partial charge in [0.15, 0.2) is 17.4 Å². The number of rotatable bonds is 9. The van der Waals surface area contributed by atoms with Crippen LogP contribution in [-0.4, -0.2) is 49.1 Å². The molecule has 4 aromatic rings. The van der Waals surface area contributed by atoms with Crippen molar-refractivity contribution >= 4 is 26.8 Å². The van der Waals surface area contributed by atoms with E-state index in [2.05, 4.69) is 4.98 Å². The molecule has 1 saturated heterocycles. The summed E-state index contributed by atoms with van der Waals surface area (Å²) < 4.78 is 59.9. The quantitative estimate of drug-likeness (QED) is 0.278. The maximum Gasteiger partial charge on any atom is 0.250 e. The summed E-state index contributed by atoms with van der Waals surface area (Å²) in [5.41, 5.74) is 9.68. The summed E-state index contributed by atoms with van der Waals surface area (Å²) in [6.45, 7) is 0.585. The number of amides is 1. The minimum absolute atomic E-state index is 0.101. The lowest BCUT2D eigenvalue weighted by Gasteiger charge is -2.31. The van der Waals surface area contributed by atoms with E-state index in [4.69, 9.17) is 10.5 Å². The van der Waals surface area contributed by atoms with Gasteiger partial charge in [-0.2, -0.15) is 0 Å². The van der Waals surface area contributed by atoms with Crippen molar-refractivity contribution in [2.24, 2.45) is 5.73 Å². The van der Waals surface area contributed by atoms with Crippen molar-refractivity contribution in [2.45, 2.75) is 25.2 Å². The summed E-state index contributed by atoms with van der Waals surface area (Å²) in [6, 6.07) is 17.0. The molecule has 0 spiro atoms. The molecule has 0 aliphatic carbocycles. The number of ether oxygens (including phenoxy) is 1. The van der Waals surface area contributed by atoms with E-state index in [-0.39, 0.29) is 24.7 Å². The molecule has 1 aliphatic rings. The number of primary amides is 1. The minimum atomic E-state index is -3.56. The standard InChI is InChI=1S/C29H29F2N3O4S/c30-25-8-4-9-26(31)28(25)38-14-5-15-39(36,37)34-12-10-20(11-13-34)24-18-33-27-22(24)16-21(17-23(27)29(32)35)19-6-2-1-3-7-19/h1-4,6-9,16-18,20,33H,5,10-15H2,(H2,32,35). The Labute approximate surface area is 225 Å². The zero-order valence-corrected chi connectivity index (χ0v) is 22.0. The van der Waals surface area contributed by atoms with Crippen LogP contribution < -0.4 is 10.5 Å². The van der Waals surface area contributed by atoms with Crippen LogP contribution in [0.4, 0.5) is 8.78 Å². The van der Waals surface area contributed by atoms with E-state index >= 15 is 0 Å². The van der Waals surface area contributed by atoms with Crippen LogP contribution in [0.5, 0.6) is 5.75 Å². The maximum atomic E-state index is 13.7. The number of nitrogens with one attached hydrogen (secondary N) is 1. The maximum absolute atomic E-state index is 13.7. The molecule has 1 fully saturated rings. The third-order valence-electron chi connectivity index (χ3n) is 7.19. The van der Waals surface area contributed by atoms with Gasteiger partial charge in [0.25, 0.3) is 5.91 Å². The van der Waals surface area contributed by atoms with Crippen molar-refractivity contribution in [2.75, 3.05) is 25.4 Å². The Morgan fingerprint density at radius 1 is 1.00 bits per heavy atom. The number of halogens is 2. The topological polar surface area (TPSA) is 105 Å². The molecule has 0 unspecified atom stereocenters. The third kappa shape index (κ3) is 5.67. The average Bonchev–Trinajstić information content (AvgIpc) is 3.36. The second-order valence-corrected chi connectivity index (χ2v) is 11.8. The van der Waals surface area contributed by atoms with Gasteiger partial charge in [0.2, 0.25) is 10.0 Å². The van der Waals surface area contributed by atoms with Gasteiger partial charge in [-0.1, -0.05) is 36.4 Å². The van der Waals surface area contributed by atoms with E-state index < -0.39 is 33.3 Å². The second-order valence-electron chi connectivity index (χ2n) is 9.66. The molecule has 0 atom stereocenters. The number of H-pyrrole nitrogens is 1. The van der Waals surface area contributed by atoms with Gasteiger partial charge in [0.1, 0.15) is 0 Å². The van der Waals surface area contributed by atoms with Gasteiger partial charge in [-0.05, 0) is 66.1 Å². The van der Waals surface area contributed by atoms with Crippen LogP contribution in [0.3, 0.4) is 0 Å². The Hall–Kier alpha value is -3.76. The fraction of sp³-hybridized carbons (Fsp3) is 0.276. The van der Waals surface area contributed by atoms with Gasteiger partial charge >= 0.3 is 0 Å². The lowest BCUT2D eigenvalue weighted by Crippen LogP contribution is -2.39. The molecule has 0 saturated carbocycles. The van der Waals surface area contributed by atoms with Crippen molar-refractivity contribution in [3.05, 3.63) is 89.6 Å². The van der Waals surface area contributed by atoms with Crippen LogP contribution in [0.25, 0.3) is 22.0 Å². The van der Waals surface area contributed by atoms with Crippen molar-refractivity contribution in [1.29, 1.82) is 0 Å². The molecule has 39 heavy (non-hydrogen) atoms. The highest BCUT2D eigenvalue weighted by Gasteiger charge is 2.30. The number of aromatic nitrogens is 1. The van der Waals surface area contributed by atoms with Gasteiger partial charge < -0.3 is 15.5 Å². The summed E-state index contributed by atoms with van der Waals surface area (Å²) in [6.07, 6.45) is 3.23. The molecule has 3 N–H and O–H groups in total. The number of carbonyl (C=O) groups excluding carboxylic acids is 1. The SMILES string of the molecule is NC(=O)c1cc(-c2ccccc2)cc2c(C3CCN(S(=O)(=O)CCCOc4c(F)cccc4F)CC3)c[nH]c12. The summed E-state index contributed by atoms with van der Waals surface area (Å²) in [7, 11) is -3.56. The van der Waals surface area contributed by atoms with Crippen LogP contribution >= 0.6 is 0 Å². The molecule has 3 aromatic carbocycles. The van der Waals surface area contributed by atoms with Crippen molar-refractivity contribution in [3.8, 4) is 16.9 Å². The molecule has 5 rings (SSSR count). The third-order valence-corrected chi connectivity index (χ3v) is 9.15. The van der Waals surface area contributed by atoms with E-state index in [9.17, 15) is 22.0 Å². The number of hydrogen-bond acceptors (Lipinski definition) is 4. The van der Waals surface area contributed by atoms with Gasteiger partial charge in [-0.15, -0.1) is 0 Å². The number of benzene rings is 3. The lowest BCUT2D eigenvalue weighted by atomic mass is 9.88. The molecule has 2 heterocycles. The predicted molar refractivity (Wildman–Crippen MR) is 146 cm³/mol. The molecule has 204 valence electrons. The second kappa shape index (κ2) is 11.2. The largest absolute Gasteiger partial charge is 0.488 e. The zero-order valence-electron chi connectivity index (χ0n) is 21.2. The first-order valence-electron chi connectivity index (χ1n) is 12.8. The average molecular weight is 554 g/mol. The van der Waals surface area contributed by atoms with Crippen molar-refractivity contribution in [3.63, 3.8) is 0 Å². The van der Waals surface area contributed by atoms with Gasteiger partial charge in [-0.25, -0.2) is 21.5 Å². The fourth-order valence-electron chi connectivity index (χ4n) is 5.19. The number of aromatic amines is 1. The Morgan fingerprint density at radius 2 is 1.69 bits per heavy atom. The van der Waals surface area contributed by atoms with E-state index in [1.807, 2.05) is 42.6 Å². The molecule has 7 nitrogen and oxygen atoms in total. The number of nitrogens with zero attached hydrogens (tertiary/aromatic N) is 1. The number of hydrogen-bond donors (Lipinski definition) is 2. The Morgan fingerprint density at radius 3 is 2.36 bits per heavy atom. The summed E-state index contributed by atoms with van der Waals surface area (Å²) in [4.78, 5) is 15.5. The normalized spacial score (nSPS) is 15.0. The van der Waals surface area contributed by atoms with E-state index in [1.54, 1.807) is 6.07 Å². The molecule has 1 aromatic heterocycles. The van der Waals surface area contributed by atoms with E-state index in [0.29, 0.717) is 37.0 Å².